The number of ether oxygens (including phenoxy) is 1. The van der Waals surface area contributed by atoms with Gasteiger partial charge in [0.05, 0.1) is 23.3 Å². The third-order valence-corrected chi connectivity index (χ3v) is 5.81. The Morgan fingerprint density at radius 2 is 1.88 bits per heavy atom. The van der Waals surface area contributed by atoms with Crippen LogP contribution in [0, 0.1) is 17.6 Å². The van der Waals surface area contributed by atoms with E-state index >= 15 is 4.39 Å². The molecule has 2 aromatic carbocycles. The monoisotopic (exact) mass is 509 g/mol. The number of alkyl halides is 4. The summed E-state index contributed by atoms with van der Waals surface area (Å²) in [4.78, 5) is 24.8. The van der Waals surface area contributed by atoms with E-state index in [9.17, 15) is 31.5 Å². The van der Waals surface area contributed by atoms with Crippen LogP contribution in [0.2, 0.25) is 5.02 Å². The fourth-order valence-corrected chi connectivity index (χ4v) is 4.06. The maximum atomic E-state index is 15.7. The van der Waals surface area contributed by atoms with Gasteiger partial charge >= 0.3 is 12.2 Å². The number of hydrogen-bond acceptors (Lipinski definition) is 3. The molecule has 184 valence electrons. The molecule has 2 aromatic rings. The second kappa shape index (κ2) is 9.24. The predicted octanol–water partition coefficient (Wildman–Crippen LogP) is 4.73. The van der Waals surface area contributed by atoms with Crippen LogP contribution in [-0.2, 0) is 0 Å². The molecule has 0 bridgehead atoms. The van der Waals surface area contributed by atoms with Gasteiger partial charge < -0.3 is 21.1 Å². The molecule has 1 saturated heterocycles. The lowest BCUT2D eigenvalue weighted by Crippen LogP contribution is -2.55. The highest BCUT2D eigenvalue weighted by Gasteiger charge is 2.46. The van der Waals surface area contributed by atoms with Crippen LogP contribution in [0.15, 0.2) is 24.3 Å². The minimum absolute atomic E-state index is 0.197. The molecule has 3 rings (SSSR count). The van der Waals surface area contributed by atoms with Gasteiger partial charge in [-0.15, -0.1) is 0 Å². The van der Waals surface area contributed by atoms with Gasteiger partial charge in [0.15, 0.2) is 6.10 Å². The first-order valence-corrected chi connectivity index (χ1v) is 10.1. The molecule has 1 fully saturated rings. The molecule has 1 aliphatic rings. The number of amides is 3. The first kappa shape index (κ1) is 25.5. The zero-order valence-corrected chi connectivity index (χ0v) is 18.2. The predicted molar refractivity (Wildman–Crippen MR) is 110 cm³/mol. The number of halogens is 7. The molecule has 0 spiro atoms. The van der Waals surface area contributed by atoms with E-state index in [1.807, 2.05) is 0 Å². The van der Waals surface area contributed by atoms with Gasteiger partial charge in [0, 0.05) is 29.2 Å². The fourth-order valence-electron chi connectivity index (χ4n) is 3.80. The molecule has 6 nitrogen and oxygen atoms in total. The minimum Gasteiger partial charge on any atom is -0.481 e. The largest absolute Gasteiger partial charge is 0.481 e. The highest BCUT2D eigenvalue weighted by Crippen LogP contribution is 2.47. The third-order valence-electron chi connectivity index (χ3n) is 5.49. The lowest BCUT2D eigenvalue weighted by molar-refractivity contribution is -0.189. The van der Waals surface area contributed by atoms with Crippen molar-refractivity contribution in [1.29, 1.82) is 0 Å². The number of hydrogen-bond donors (Lipinski definition) is 2. The van der Waals surface area contributed by atoms with Crippen molar-refractivity contribution in [3.8, 4) is 16.9 Å². The van der Waals surface area contributed by atoms with Crippen LogP contribution >= 0.6 is 11.6 Å². The van der Waals surface area contributed by atoms with Crippen LogP contribution in [0.4, 0.5) is 31.1 Å². The Bertz CT molecular complexity index is 1120. The van der Waals surface area contributed by atoms with E-state index in [4.69, 9.17) is 27.8 Å². The summed E-state index contributed by atoms with van der Waals surface area (Å²) in [5.41, 5.74) is 7.57. The molecule has 0 aliphatic carbocycles. The van der Waals surface area contributed by atoms with E-state index < -0.39 is 82.5 Å². The Morgan fingerprint density at radius 1 is 1.24 bits per heavy atom. The number of nitrogens with zero attached hydrogens (tertiary/aromatic N) is 1. The number of primary amides is 2. The van der Waals surface area contributed by atoms with Gasteiger partial charge in [-0.2, -0.15) is 13.2 Å². The van der Waals surface area contributed by atoms with Crippen LogP contribution < -0.4 is 16.2 Å². The van der Waals surface area contributed by atoms with Crippen LogP contribution in [0.1, 0.15) is 28.9 Å². The smallest absolute Gasteiger partial charge is 0.425 e. The molecular formula is C21H18ClF6N3O3. The maximum Gasteiger partial charge on any atom is 0.425 e. The molecule has 3 unspecified atom stereocenters. The molecule has 1 aliphatic heterocycles. The van der Waals surface area contributed by atoms with Gasteiger partial charge in [-0.3, -0.25) is 9.18 Å². The van der Waals surface area contributed by atoms with Gasteiger partial charge in [0.25, 0.3) is 5.91 Å². The minimum atomic E-state index is -4.91. The molecule has 3 amide bonds. The second-order valence-corrected chi connectivity index (χ2v) is 8.05. The van der Waals surface area contributed by atoms with E-state index in [1.54, 1.807) is 0 Å². The van der Waals surface area contributed by atoms with Gasteiger partial charge in [-0.1, -0.05) is 17.7 Å². The summed E-state index contributed by atoms with van der Waals surface area (Å²) in [5.74, 6) is -5.76. The molecule has 13 heteroatoms. The first-order chi connectivity index (χ1) is 15.8. The third kappa shape index (κ3) is 4.46. The van der Waals surface area contributed by atoms with Crippen molar-refractivity contribution in [2.75, 3.05) is 13.2 Å². The normalized spacial score (nSPS) is 18.9. The molecular weight excluding hydrogens is 492 g/mol. The molecule has 1 heterocycles. The Hall–Kier alpha value is -3.15. The SMILES string of the molecule is CC(Oc1cc(C2C(CF)CN2C(N)=O)c(F)c(C(N)=O)c1-c1c(F)cccc1Cl)C(F)(F)F. The fraction of sp³-hybridized carbons (Fsp3) is 0.333. The summed E-state index contributed by atoms with van der Waals surface area (Å²) in [6.45, 7) is -0.600. The average Bonchev–Trinajstić information content (AvgIpc) is 2.69. The first-order valence-electron chi connectivity index (χ1n) is 9.75. The average molecular weight is 510 g/mol. The van der Waals surface area contributed by atoms with E-state index in [-0.39, 0.29) is 11.6 Å². The van der Waals surface area contributed by atoms with Gasteiger partial charge in [-0.25, -0.2) is 13.6 Å². The Kier molecular flexibility index (Phi) is 6.92. The number of carbonyl (C=O) groups excluding carboxylic acids is 2. The molecule has 4 N–H and O–H groups in total. The lowest BCUT2D eigenvalue weighted by atomic mass is 9.82. The number of rotatable bonds is 6. The van der Waals surface area contributed by atoms with Crippen molar-refractivity contribution in [2.24, 2.45) is 17.4 Å². The Balaban J connectivity index is 2.38. The summed E-state index contributed by atoms with van der Waals surface area (Å²) in [7, 11) is 0. The zero-order valence-electron chi connectivity index (χ0n) is 17.4. The van der Waals surface area contributed by atoms with E-state index in [1.165, 1.54) is 6.07 Å². The number of urea groups is 1. The summed E-state index contributed by atoms with van der Waals surface area (Å²) in [5, 5.41) is -0.372. The van der Waals surface area contributed by atoms with Crippen molar-refractivity contribution in [3.05, 3.63) is 52.0 Å². The molecule has 3 atom stereocenters. The second-order valence-electron chi connectivity index (χ2n) is 7.64. The number of nitrogens with two attached hydrogens (primary N) is 2. The van der Waals surface area contributed by atoms with Crippen molar-refractivity contribution in [3.63, 3.8) is 0 Å². The number of carbonyl (C=O) groups is 2. The number of benzene rings is 2. The quantitative estimate of drug-likeness (QED) is 0.550. The topological polar surface area (TPSA) is 98.7 Å². The number of likely N-dealkylation sites (tertiary alicyclic amines) is 1. The Morgan fingerprint density at radius 3 is 2.38 bits per heavy atom. The van der Waals surface area contributed by atoms with Crippen molar-refractivity contribution < 1.29 is 40.7 Å². The van der Waals surface area contributed by atoms with Crippen LogP contribution in [0.5, 0.6) is 5.75 Å². The van der Waals surface area contributed by atoms with Gasteiger partial charge in [-0.05, 0) is 25.1 Å². The van der Waals surface area contributed by atoms with E-state index in [0.717, 1.165) is 23.1 Å². The summed E-state index contributed by atoms with van der Waals surface area (Å²) >= 11 is 6.03. The molecule has 0 radical (unpaired) electrons. The highest BCUT2D eigenvalue weighted by molar-refractivity contribution is 6.33. The molecule has 0 aromatic heterocycles. The van der Waals surface area contributed by atoms with Crippen molar-refractivity contribution in [2.45, 2.75) is 25.2 Å². The Labute approximate surface area is 194 Å². The van der Waals surface area contributed by atoms with Crippen LogP contribution in [0.25, 0.3) is 11.1 Å². The maximum absolute atomic E-state index is 15.7. The van der Waals surface area contributed by atoms with Gasteiger partial charge in [0.2, 0.25) is 0 Å². The summed E-state index contributed by atoms with van der Waals surface area (Å²) < 4.78 is 88.7. The highest BCUT2D eigenvalue weighted by atomic mass is 35.5. The lowest BCUT2D eigenvalue weighted by Gasteiger charge is -2.46. The van der Waals surface area contributed by atoms with E-state index in [2.05, 4.69) is 0 Å². The van der Waals surface area contributed by atoms with E-state index in [0.29, 0.717) is 6.92 Å². The van der Waals surface area contributed by atoms with Crippen LogP contribution in [0.3, 0.4) is 0 Å². The summed E-state index contributed by atoms with van der Waals surface area (Å²) in [6.07, 6.45) is -7.41. The molecule has 0 saturated carbocycles. The zero-order chi connectivity index (χ0) is 25.5. The van der Waals surface area contributed by atoms with Gasteiger partial charge in [0.1, 0.15) is 17.4 Å². The van der Waals surface area contributed by atoms with Crippen molar-refractivity contribution in [1.82, 2.24) is 4.90 Å². The molecule has 34 heavy (non-hydrogen) atoms. The standard InChI is InChI=1S/C21H18ClF6N3O3/c1-8(21(26,27)28)34-13-5-10(18-9(6-23)7-31(18)20(30)33)17(25)16(19(29)32)15(13)14-11(22)3-2-4-12(14)24/h2-5,8-9,18H,6-7H2,1H3,(H2,29,32)(H2,30,33). The van der Waals surface area contributed by atoms with Crippen molar-refractivity contribution >= 4 is 23.5 Å². The summed E-state index contributed by atoms with van der Waals surface area (Å²) in [6, 6.07) is 1.54. The van der Waals surface area contributed by atoms with Crippen LogP contribution in [-0.4, -0.2) is 42.3 Å².